The zero-order valence-electron chi connectivity index (χ0n) is 18.2. The number of hydrogen-bond acceptors (Lipinski definition) is 5. The largest absolute Gasteiger partial charge is 0.494 e. The number of pyridine rings is 1. The zero-order valence-corrected chi connectivity index (χ0v) is 18.2. The van der Waals surface area contributed by atoms with Gasteiger partial charge in [0, 0.05) is 36.5 Å². The van der Waals surface area contributed by atoms with Crippen LogP contribution in [0.1, 0.15) is 40.5 Å². The van der Waals surface area contributed by atoms with Crippen LogP contribution in [0.2, 0.25) is 0 Å². The van der Waals surface area contributed by atoms with E-state index in [4.69, 9.17) is 4.74 Å². The Morgan fingerprint density at radius 2 is 1.72 bits per heavy atom. The Morgan fingerprint density at radius 3 is 2.41 bits per heavy atom. The number of nitrogens with zero attached hydrogens (tertiary/aromatic N) is 2. The van der Waals surface area contributed by atoms with E-state index >= 15 is 0 Å². The summed E-state index contributed by atoms with van der Waals surface area (Å²) in [5.41, 5.74) is 2.09. The van der Waals surface area contributed by atoms with Gasteiger partial charge in [-0.2, -0.15) is 0 Å². The lowest BCUT2D eigenvalue weighted by Crippen LogP contribution is -2.40. The Hall–Kier alpha value is -3.67. The molecule has 0 unspecified atom stereocenters. The van der Waals surface area contributed by atoms with Crippen molar-refractivity contribution in [2.75, 3.05) is 25.0 Å². The molecule has 1 aliphatic rings. The molecule has 1 aliphatic heterocycles. The summed E-state index contributed by atoms with van der Waals surface area (Å²) in [7, 11) is 0. The van der Waals surface area contributed by atoms with E-state index in [9.17, 15) is 9.59 Å². The van der Waals surface area contributed by atoms with Gasteiger partial charge in [0.25, 0.3) is 5.91 Å². The van der Waals surface area contributed by atoms with E-state index in [1.807, 2.05) is 66.4 Å². The number of amides is 1. The summed E-state index contributed by atoms with van der Waals surface area (Å²) >= 11 is 0. The van der Waals surface area contributed by atoms with Crippen molar-refractivity contribution in [1.82, 2.24) is 9.88 Å². The highest BCUT2D eigenvalue weighted by molar-refractivity contribution is 6.00. The minimum absolute atomic E-state index is 0.0446. The van der Waals surface area contributed by atoms with Gasteiger partial charge in [-0.1, -0.05) is 30.3 Å². The summed E-state index contributed by atoms with van der Waals surface area (Å²) in [4.78, 5) is 32.2. The van der Waals surface area contributed by atoms with Crippen LogP contribution in [0, 0.1) is 5.92 Å². The maximum Gasteiger partial charge on any atom is 0.257 e. The first kappa shape index (κ1) is 21.6. The Balaban J connectivity index is 1.41. The number of nitrogens with one attached hydrogen (secondary N) is 1. The number of carbonyl (C=O) groups is 2. The van der Waals surface area contributed by atoms with Gasteiger partial charge in [-0.3, -0.25) is 9.59 Å². The van der Waals surface area contributed by atoms with Crippen molar-refractivity contribution in [3.63, 3.8) is 0 Å². The molecule has 1 saturated heterocycles. The van der Waals surface area contributed by atoms with E-state index in [1.165, 1.54) is 0 Å². The van der Waals surface area contributed by atoms with E-state index in [1.54, 1.807) is 18.3 Å². The second-order valence-corrected chi connectivity index (χ2v) is 7.78. The van der Waals surface area contributed by atoms with Crippen LogP contribution < -0.4 is 10.1 Å². The number of piperidine rings is 1. The Bertz CT molecular complexity index is 1060. The van der Waals surface area contributed by atoms with E-state index < -0.39 is 0 Å². The maximum absolute atomic E-state index is 13.2. The molecule has 0 spiro atoms. The fourth-order valence-electron chi connectivity index (χ4n) is 3.97. The average Bonchev–Trinajstić information content (AvgIpc) is 2.85. The standard InChI is InChI=1S/C26H27N3O3/c1-2-32-22-12-10-21(11-13-22)28-25-23(9-6-16-27-25)26(31)29-17-14-20(15-18-29)24(30)19-7-4-3-5-8-19/h3-13,16,20H,2,14-15,17-18H2,1H3,(H,27,28). The molecular formula is C26H27N3O3. The number of benzene rings is 2. The number of ketones is 1. The number of Topliss-reactive ketones (excluding diaryl/α,β-unsaturated/α-hetero) is 1. The number of likely N-dealkylation sites (tertiary alicyclic amines) is 1. The second-order valence-electron chi connectivity index (χ2n) is 7.78. The van der Waals surface area contributed by atoms with Crippen molar-refractivity contribution in [1.29, 1.82) is 0 Å². The van der Waals surface area contributed by atoms with Gasteiger partial charge in [0.15, 0.2) is 5.78 Å². The van der Waals surface area contributed by atoms with Crippen LogP contribution in [-0.2, 0) is 0 Å². The van der Waals surface area contributed by atoms with E-state index in [0.717, 1.165) is 17.0 Å². The normalized spacial score (nSPS) is 14.1. The number of ether oxygens (including phenoxy) is 1. The molecule has 0 aliphatic carbocycles. The lowest BCUT2D eigenvalue weighted by atomic mass is 9.88. The Morgan fingerprint density at radius 1 is 1.00 bits per heavy atom. The van der Waals surface area contributed by atoms with Crippen molar-refractivity contribution >= 4 is 23.2 Å². The number of carbonyl (C=O) groups excluding carboxylic acids is 2. The van der Waals surface area contributed by atoms with Crippen molar-refractivity contribution in [3.05, 3.63) is 84.1 Å². The van der Waals surface area contributed by atoms with Crippen molar-refractivity contribution < 1.29 is 14.3 Å². The second kappa shape index (κ2) is 10.1. The molecule has 0 saturated carbocycles. The molecular weight excluding hydrogens is 402 g/mol. The van der Waals surface area contributed by atoms with Gasteiger partial charge >= 0.3 is 0 Å². The first-order valence-electron chi connectivity index (χ1n) is 11.0. The third-order valence-electron chi connectivity index (χ3n) is 5.68. The molecule has 1 fully saturated rings. The first-order valence-corrected chi connectivity index (χ1v) is 11.0. The molecule has 6 nitrogen and oxygen atoms in total. The van der Waals surface area contributed by atoms with Crippen LogP contribution in [0.5, 0.6) is 5.75 Å². The van der Waals surface area contributed by atoms with Gasteiger partial charge in [-0.25, -0.2) is 4.98 Å². The number of anilines is 2. The Labute approximate surface area is 188 Å². The quantitative estimate of drug-likeness (QED) is 0.538. The summed E-state index contributed by atoms with van der Waals surface area (Å²) in [5, 5.41) is 3.24. The summed E-state index contributed by atoms with van der Waals surface area (Å²) in [6.45, 7) is 3.66. The molecule has 164 valence electrons. The van der Waals surface area contributed by atoms with Crippen LogP contribution >= 0.6 is 0 Å². The van der Waals surface area contributed by atoms with Crippen molar-refractivity contribution in [2.45, 2.75) is 19.8 Å². The first-order chi connectivity index (χ1) is 15.7. The fourth-order valence-corrected chi connectivity index (χ4v) is 3.97. The number of aromatic nitrogens is 1. The van der Waals surface area contributed by atoms with E-state index in [-0.39, 0.29) is 17.6 Å². The van der Waals surface area contributed by atoms with Gasteiger partial charge in [-0.15, -0.1) is 0 Å². The highest BCUT2D eigenvalue weighted by Crippen LogP contribution is 2.26. The van der Waals surface area contributed by atoms with Crippen LogP contribution in [0.4, 0.5) is 11.5 Å². The number of hydrogen-bond donors (Lipinski definition) is 1. The van der Waals surface area contributed by atoms with Crippen LogP contribution in [0.25, 0.3) is 0 Å². The molecule has 3 aromatic rings. The fraction of sp³-hybridized carbons (Fsp3) is 0.269. The minimum Gasteiger partial charge on any atom is -0.494 e. The highest BCUT2D eigenvalue weighted by Gasteiger charge is 2.29. The van der Waals surface area contributed by atoms with E-state index in [2.05, 4.69) is 10.3 Å². The third kappa shape index (κ3) is 4.97. The molecule has 1 amide bonds. The summed E-state index contributed by atoms with van der Waals surface area (Å²) < 4.78 is 5.48. The SMILES string of the molecule is CCOc1ccc(Nc2ncccc2C(=O)N2CCC(C(=O)c3ccccc3)CC2)cc1. The van der Waals surface area contributed by atoms with Crippen molar-refractivity contribution in [3.8, 4) is 5.75 Å². The van der Waals surface area contributed by atoms with Crippen LogP contribution in [0.15, 0.2) is 72.9 Å². The lowest BCUT2D eigenvalue weighted by molar-refractivity contribution is 0.0651. The minimum atomic E-state index is -0.0721. The predicted molar refractivity (Wildman–Crippen MR) is 125 cm³/mol. The molecule has 6 heteroatoms. The van der Waals surface area contributed by atoms with Gasteiger partial charge in [0.2, 0.25) is 0 Å². The van der Waals surface area contributed by atoms with Crippen LogP contribution in [-0.4, -0.2) is 41.3 Å². The predicted octanol–water partition coefficient (Wildman–Crippen LogP) is 4.96. The average molecular weight is 430 g/mol. The summed E-state index contributed by atoms with van der Waals surface area (Å²) in [6, 6.07) is 20.5. The van der Waals surface area contributed by atoms with Gasteiger partial charge in [0.05, 0.1) is 12.2 Å². The molecule has 4 rings (SSSR count). The Kier molecular flexibility index (Phi) is 6.80. The topological polar surface area (TPSA) is 71.5 Å². The number of rotatable bonds is 7. The van der Waals surface area contributed by atoms with Gasteiger partial charge in [-0.05, 0) is 56.2 Å². The monoisotopic (exact) mass is 429 g/mol. The summed E-state index contributed by atoms with van der Waals surface area (Å²) in [6.07, 6.45) is 3.00. The van der Waals surface area contributed by atoms with Crippen LogP contribution in [0.3, 0.4) is 0 Å². The molecule has 0 radical (unpaired) electrons. The third-order valence-corrected chi connectivity index (χ3v) is 5.68. The molecule has 2 aromatic carbocycles. The summed E-state index contributed by atoms with van der Waals surface area (Å²) in [5.74, 6) is 1.36. The molecule has 2 heterocycles. The van der Waals surface area contributed by atoms with E-state index in [0.29, 0.717) is 43.9 Å². The van der Waals surface area contributed by atoms with Gasteiger partial charge in [0.1, 0.15) is 11.6 Å². The molecule has 32 heavy (non-hydrogen) atoms. The zero-order chi connectivity index (χ0) is 22.3. The van der Waals surface area contributed by atoms with Crippen molar-refractivity contribution in [2.24, 2.45) is 5.92 Å². The molecule has 0 bridgehead atoms. The maximum atomic E-state index is 13.2. The van der Waals surface area contributed by atoms with Gasteiger partial charge < -0.3 is 15.0 Å². The smallest absolute Gasteiger partial charge is 0.257 e. The molecule has 1 N–H and O–H groups in total. The lowest BCUT2D eigenvalue weighted by Gasteiger charge is -2.31. The molecule has 0 atom stereocenters. The highest BCUT2D eigenvalue weighted by atomic mass is 16.5. The molecule has 1 aromatic heterocycles.